The second kappa shape index (κ2) is 5.45. The molecule has 0 saturated carbocycles. The highest BCUT2D eigenvalue weighted by molar-refractivity contribution is 7.84. The van der Waals surface area contributed by atoms with Crippen LogP contribution in [-0.2, 0) is 14.5 Å². The molecule has 0 aliphatic heterocycles. The number of nitrogens with two attached hydrogens (primary N) is 1. The Kier molecular flexibility index (Phi) is 5.35. The van der Waals surface area contributed by atoms with Crippen molar-refractivity contribution in [1.82, 2.24) is 0 Å². The van der Waals surface area contributed by atoms with Crippen molar-refractivity contribution in [2.24, 2.45) is 5.14 Å². The zero-order valence-electron chi connectivity index (χ0n) is 6.12. The largest absolute Gasteiger partial charge is 0.333 e. The van der Waals surface area contributed by atoms with Crippen LogP contribution in [0.15, 0.2) is 0 Å². The number of alkyl halides is 1. The van der Waals surface area contributed by atoms with Crippen LogP contribution in [0.4, 0.5) is 4.39 Å². The first kappa shape index (κ1) is 10.8. The van der Waals surface area contributed by atoms with E-state index in [0.717, 1.165) is 0 Å². The van der Waals surface area contributed by atoms with Gasteiger partial charge in [0.1, 0.15) is 0 Å². The summed E-state index contributed by atoms with van der Waals surface area (Å²) in [6.07, 6.45) is 1.57. The van der Waals surface area contributed by atoms with Crippen LogP contribution >= 0.6 is 0 Å². The second-order valence-corrected chi connectivity index (χ2v) is 3.29. The first-order valence-corrected chi connectivity index (χ1v) is 4.76. The summed E-state index contributed by atoms with van der Waals surface area (Å²) in [6, 6.07) is 0. The molecule has 11 heavy (non-hydrogen) atoms. The van der Waals surface area contributed by atoms with Crippen molar-refractivity contribution in [3.8, 4) is 0 Å². The first-order chi connectivity index (χ1) is 5.06. The zero-order chi connectivity index (χ0) is 8.74. The maximum atomic E-state index is 11.5. The van der Waals surface area contributed by atoms with E-state index in [1.807, 2.05) is 0 Å². The molecule has 0 radical (unpaired) electrons. The molecule has 4 nitrogen and oxygen atoms in total. The van der Waals surface area contributed by atoms with E-state index < -0.39 is 10.3 Å². The fourth-order valence-electron chi connectivity index (χ4n) is 0.548. The summed E-state index contributed by atoms with van der Waals surface area (Å²) in [5, 5.41) is 4.53. The zero-order valence-corrected chi connectivity index (χ0v) is 6.94. The van der Waals surface area contributed by atoms with Crippen molar-refractivity contribution in [2.45, 2.75) is 19.3 Å². The molecule has 0 heterocycles. The van der Waals surface area contributed by atoms with E-state index in [4.69, 9.17) is 0 Å². The lowest BCUT2D eigenvalue weighted by Crippen LogP contribution is -2.16. The Hall–Kier alpha value is -0.200. The van der Waals surface area contributed by atoms with Gasteiger partial charge in [-0.05, 0) is 19.3 Å². The molecular formula is C5H12FNO3S. The van der Waals surface area contributed by atoms with Crippen molar-refractivity contribution in [3.05, 3.63) is 0 Å². The molecule has 0 aliphatic carbocycles. The molecule has 6 heteroatoms. The predicted octanol–water partition coefficient (Wildman–Crippen LogP) is 0.346. The van der Waals surface area contributed by atoms with Crippen LogP contribution in [0.2, 0.25) is 0 Å². The lowest BCUT2D eigenvalue weighted by atomic mass is 10.3. The molecule has 2 N–H and O–H groups in total. The lowest BCUT2D eigenvalue weighted by Gasteiger charge is -1.98. The van der Waals surface area contributed by atoms with Crippen LogP contribution in [0.5, 0.6) is 0 Å². The predicted molar refractivity (Wildman–Crippen MR) is 38.9 cm³/mol. The van der Waals surface area contributed by atoms with E-state index in [-0.39, 0.29) is 13.3 Å². The fourth-order valence-corrected chi connectivity index (χ4v) is 0.899. The number of hydrogen-bond donors (Lipinski definition) is 1. The molecule has 0 aromatic carbocycles. The van der Waals surface area contributed by atoms with E-state index in [9.17, 15) is 12.8 Å². The third-order valence-electron chi connectivity index (χ3n) is 1.03. The monoisotopic (exact) mass is 185 g/mol. The molecule has 0 spiro atoms. The van der Waals surface area contributed by atoms with Crippen LogP contribution in [0.1, 0.15) is 19.3 Å². The van der Waals surface area contributed by atoms with E-state index in [1.165, 1.54) is 0 Å². The van der Waals surface area contributed by atoms with Gasteiger partial charge in [-0.1, -0.05) is 0 Å². The average Bonchev–Trinajstić information content (AvgIpc) is 1.85. The minimum atomic E-state index is -3.81. The Bertz CT molecular complexity index is 180. The number of halogens is 1. The van der Waals surface area contributed by atoms with E-state index in [1.54, 1.807) is 0 Å². The summed E-state index contributed by atoms with van der Waals surface area (Å²) >= 11 is 0. The molecule has 0 saturated heterocycles. The summed E-state index contributed by atoms with van der Waals surface area (Å²) in [4.78, 5) is 0. The molecular weight excluding hydrogens is 173 g/mol. The Balaban J connectivity index is 3.16. The maximum absolute atomic E-state index is 11.5. The molecule has 0 fully saturated rings. The topological polar surface area (TPSA) is 69.4 Å². The Labute approximate surface area is 65.8 Å². The van der Waals surface area contributed by atoms with Crippen molar-refractivity contribution in [1.29, 1.82) is 0 Å². The standard InChI is InChI=1S/C5H12FNO3S/c6-4-2-1-3-5-10-11(7,8)9/h1-5H2,(H2,7,8,9). The third-order valence-corrected chi connectivity index (χ3v) is 1.52. The molecule has 0 amide bonds. The smallest absolute Gasteiger partial charge is 0.258 e. The number of unbranched alkanes of at least 4 members (excludes halogenated alkanes) is 2. The molecule has 0 aromatic rings. The van der Waals surface area contributed by atoms with Gasteiger partial charge in [-0.25, -0.2) is 5.14 Å². The summed E-state index contributed by atoms with van der Waals surface area (Å²) in [7, 11) is -3.81. The highest BCUT2D eigenvalue weighted by Crippen LogP contribution is 1.96. The third kappa shape index (κ3) is 9.80. The van der Waals surface area contributed by atoms with Crippen LogP contribution in [0.3, 0.4) is 0 Å². The van der Waals surface area contributed by atoms with Gasteiger partial charge in [-0.2, -0.15) is 8.42 Å². The van der Waals surface area contributed by atoms with E-state index in [2.05, 4.69) is 9.32 Å². The van der Waals surface area contributed by atoms with Crippen LogP contribution < -0.4 is 5.14 Å². The molecule has 0 unspecified atom stereocenters. The molecule has 68 valence electrons. The normalized spacial score (nSPS) is 11.8. The Morgan fingerprint density at radius 2 is 1.91 bits per heavy atom. The highest BCUT2D eigenvalue weighted by atomic mass is 32.2. The minimum absolute atomic E-state index is 0.0405. The van der Waals surface area contributed by atoms with Crippen LogP contribution in [0.25, 0.3) is 0 Å². The van der Waals surface area contributed by atoms with Gasteiger partial charge in [-0.15, -0.1) is 0 Å². The van der Waals surface area contributed by atoms with Gasteiger partial charge in [-0.3, -0.25) is 8.57 Å². The fraction of sp³-hybridized carbons (Fsp3) is 1.00. The summed E-state index contributed by atoms with van der Waals surface area (Å²) in [6.45, 7) is -0.339. The molecule has 0 aliphatic rings. The van der Waals surface area contributed by atoms with Gasteiger partial charge in [0.25, 0.3) is 0 Å². The van der Waals surface area contributed by atoms with Crippen LogP contribution in [0, 0.1) is 0 Å². The van der Waals surface area contributed by atoms with Crippen LogP contribution in [-0.4, -0.2) is 21.7 Å². The summed E-state index contributed by atoms with van der Waals surface area (Å²) < 4.78 is 36.0. The van der Waals surface area contributed by atoms with Gasteiger partial charge >= 0.3 is 10.3 Å². The maximum Gasteiger partial charge on any atom is 0.333 e. The number of rotatable bonds is 6. The summed E-state index contributed by atoms with van der Waals surface area (Å²) in [5.74, 6) is 0. The van der Waals surface area contributed by atoms with Crippen molar-refractivity contribution >= 4 is 10.3 Å². The molecule has 0 bridgehead atoms. The van der Waals surface area contributed by atoms with Crippen molar-refractivity contribution < 1.29 is 17.0 Å². The van der Waals surface area contributed by atoms with Crippen molar-refractivity contribution in [2.75, 3.05) is 13.3 Å². The number of hydrogen-bond acceptors (Lipinski definition) is 3. The molecule has 0 aromatic heterocycles. The Morgan fingerprint density at radius 3 is 2.36 bits per heavy atom. The second-order valence-electron chi connectivity index (χ2n) is 2.06. The highest BCUT2D eigenvalue weighted by Gasteiger charge is 1.99. The van der Waals surface area contributed by atoms with E-state index in [0.29, 0.717) is 19.3 Å². The first-order valence-electron chi connectivity index (χ1n) is 3.29. The van der Waals surface area contributed by atoms with Gasteiger partial charge in [0.2, 0.25) is 0 Å². The average molecular weight is 185 g/mol. The summed E-state index contributed by atoms with van der Waals surface area (Å²) in [5.41, 5.74) is 0. The van der Waals surface area contributed by atoms with Gasteiger partial charge < -0.3 is 0 Å². The molecule has 0 atom stereocenters. The minimum Gasteiger partial charge on any atom is -0.258 e. The lowest BCUT2D eigenvalue weighted by molar-refractivity contribution is 0.304. The van der Waals surface area contributed by atoms with Gasteiger partial charge in [0.15, 0.2) is 0 Å². The van der Waals surface area contributed by atoms with Crippen molar-refractivity contribution in [3.63, 3.8) is 0 Å². The van der Waals surface area contributed by atoms with E-state index >= 15 is 0 Å². The SMILES string of the molecule is NS(=O)(=O)OCCCCCF. The Morgan fingerprint density at radius 1 is 1.27 bits per heavy atom. The van der Waals surface area contributed by atoms with Gasteiger partial charge in [0, 0.05) is 0 Å². The quantitative estimate of drug-likeness (QED) is 0.607. The molecule has 0 rings (SSSR count). The van der Waals surface area contributed by atoms with Gasteiger partial charge in [0.05, 0.1) is 13.3 Å².